The second-order valence-electron chi connectivity index (χ2n) is 6.11. The zero-order valence-corrected chi connectivity index (χ0v) is 14.3. The summed E-state index contributed by atoms with van der Waals surface area (Å²) in [5, 5.41) is 4.52. The fourth-order valence-corrected chi connectivity index (χ4v) is 4.61. The maximum absolute atomic E-state index is 6.24. The number of rotatable bonds is 5. The van der Waals surface area contributed by atoms with E-state index in [2.05, 4.69) is 33.0 Å². The molecular weight excluding hydrogens is 268 g/mol. The minimum atomic E-state index is -0.131. The second-order valence-corrected chi connectivity index (χ2v) is 7.14. The molecule has 4 heteroatoms. The largest absolute Gasteiger partial charge is 0.368 e. The van der Waals surface area contributed by atoms with Crippen molar-refractivity contribution in [1.82, 2.24) is 10.3 Å². The number of hydrogen-bond acceptors (Lipinski definition) is 4. The summed E-state index contributed by atoms with van der Waals surface area (Å²) in [4.78, 5) is 6.23. The zero-order valence-electron chi connectivity index (χ0n) is 13.5. The molecule has 1 N–H and O–H groups in total. The van der Waals surface area contributed by atoms with Gasteiger partial charge in [-0.1, -0.05) is 13.3 Å². The molecule has 0 aliphatic heterocycles. The van der Waals surface area contributed by atoms with Crippen molar-refractivity contribution in [3.05, 3.63) is 15.6 Å². The third-order valence-corrected chi connectivity index (χ3v) is 5.95. The average Bonchev–Trinajstić information content (AvgIpc) is 2.81. The van der Waals surface area contributed by atoms with Crippen molar-refractivity contribution in [3.8, 4) is 0 Å². The van der Waals surface area contributed by atoms with Crippen molar-refractivity contribution in [2.45, 2.75) is 65.0 Å². The van der Waals surface area contributed by atoms with Crippen LogP contribution in [0.25, 0.3) is 0 Å². The van der Waals surface area contributed by atoms with Crippen LogP contribution in [0.4, 0.5) is 0 Å². The van der Waals surface area contributed by atoms with Crippen molar-refractivity contribution in [1.29, 1.82) is 0 Å². The molecule has 0 amide bonds. The number of hydrogen-bond donors (Lipinski definition) is 1. The number of aromatic nitrogens is 1. The minimum Gasteiger partial charge on any atom is -0.368 e. The number of nitrogens with zero attached hydrogens (tertiary/aromatic N) is 1. The van der Waals surface area contributed by atoms with Crippen molar-refractivity contribution in [2.24, 2.45) is 5.92 Å². The molecule has 3 unspecified atom stereocenters. The maximum Gasteiger partial charge on any atom is 0.125 e. The number of nitrogens with one attached hydrogen (secondary N) is 1. The van der Waals surface area contributed by atoms with Gasteiger partial charge in [-0.15, -0.1) is 11.3 Å². The zero-order chi connectivity index (χ0) is 14.8. The van der Waals surface area contributed by atoms with Crippen molar-refractivity contribution in [3.63, 3.8) is 0 Å². The number of thiazole rings is 1. The predicted molar refractivity (Wildman–Crippen MR) is 85.3 cm³/mol. The number of ether oxygens (including phenoxy) is 1. The normalized spacial score (nSPS) is 28.6. The van der Waals surface area contributed by atoms with E-state index in [0.29, 0.717) is 6.04 Å². The van der Waals surface area contributed by atoms with Crippen LogP contribution in [0.2, 0.25) is 0 Å². The van der Waals surface area contributed by atoms with Crippen LogP contribution in [-0.2, 0) is 10.3 Å². The lowest BCUT2D eigenvalue weighted by Crippen LogP contribution is -2.35. The molecule has 2 rings (SSSR count). The van der Waals surface area contributed by atoms with Crippen LogP contribution >= 0.6 is 11.3 Å². The van der Waals surface area contributed by atoms with Gasteiger partial charge in [-0.25, -0.2) is 4.98 Å². The van der Waals surface area contributed by atoms with Crippen LogP contribution in [0.1, 0.15) is 68.1 Å². The molecule has 3 atom stereocenters. The van der Waals surface area contributed by atoms with Gasteiger partial charge < -0.3 is 10.1 Å². The summed E-state index contributed by atoms with van der Waals surface area (Å²) < 4.78 is 6.24. The van der Waals surface area contributed by atoms with E-state index in [1.54, 1.807) is 0 Å². The lowest BCUT2D eigenvalue weighted by molar-refractivity contribution is -0.0821. The fourth-order valence-electron chi connectivity index (χ4n) is 3.30. The maximum atomic E-state index is 6.24. The molecule has 1 aliphatic carbocycles. The first kappa shape index (κ1) is 15.9. The summed E-state index contributed by atoms with van der Waals surface area (Å²) >= 11 is 1.84. The molecule has 20 heavy (non-hydrogen) atoms. The molecule has 1 heterocycles. The van der Waals surface area contributed by atoms with E-state index >= 15 is 0 Å². The van der Waals surface area contributed by atoms with E-state index in [1.807, 2.05) is 18.4 Å². The monoisotopic (exact) mass is 296 g/mol. The summed E-state index contributed by atoms with van der Waals surface area (Å²) in [7, 11) is 2.00. The highest BCUT2D eigenvalue weighted by atomic mass is 32.1. The average molecular weight is 296 g/mol. The first-order valence-electron chi connectivity index (χ1n) is 7.81. The topological polar surface area (TPSA) is 34.1 Å². The molecular formula is C16H28N2OS. The van der Waals surface area contributed by atoms with Crippen LogP contribution in [-0.4, -0.2) is 18.6 Å². The Bertz CT molecular complexity index is 442. The number of aryl methyl sites for hydroxylation is 1. The van der Waals surface area contributed by atoms with Crippen molar-refractivity contribution < 1.29 is 4.74 Å². The van der Waals surface area contributed by atoms with E-state index in [4.69, 9.17) is 9.72 Å². The first-order chi connectivity index (χ1) is 9.52. The van der Waals surface area contributed by atoms with Crippen molar-refractivity contribution in [2.75, 3.05) is 13.7 Å². The summed E-state index contributed by atoms with van der Waals surface area (Å²) in [5.41, 5.74) is 1.03. The van der Waals surface area contributed by atoms with Gasteiger partial charge in [0.2, 0.25) is 0 Å². The standard InChI is InChI=1S/C16H28N2OS/c1-6-19-16(9-7-8-11(2)10-16)15-18-13(4)14(20-15)12(3)17-5/h11-12,17H,6-10H2,1-5H3. The van der Waals surface area contributed by atoms with E-state index in [-0.39, 0.29) is 5.60 Å². The van der Waals surface area contributed by atoms with Crippen LogP contribution < -0.4 is 5.32 Å². The minimum absolute atomic E-state index is 0.131. The van der Waals surface area contributed by atoms with E-state index in [0.717, 1.165) is 31.1 Å². The molecule has 1 aromatic rings. The van der Waals surface area contributed by atoms with Gasteiger partial charge in [0.05, 0.1) is 5.69 Å². The van der Waals surface area contributed by atoms with Gasteiger partial charge in [-0.05, 0) is 53.0 Å². The van der Waals surface area contributed by atoms with Gasteiger partial charge in [-0.3, -0.25) is 0 Å². The Balaban J connectivity index is 2.34. The van der Waals surface area contributed by atoms with Gasteiger partial charge in [-0.2, -0.15) is 0 Å². The molecule has 114 valence electrons. The third-order valence-electron chi connectivity index (χ3n) is 4.42. The van der Waals surface area contributed by atoms with Crippen LogP contribution in [0.15, 0.2) is 0 Å². The van der Waals surface area contributed by atoms with E-state index in [9.17, 15) is 0 Å². The van der Waals surface area contributed by atoms with Gasteiger partial charge >= 0.3 is 0 Å². The molecule has 0 spiro atoms. The summed E-state index contributed by atoms with van der Waals surface area (Å²) in [6.45, 7) is 9.52. The molecule has 0 bridgehead atoms. The molecule has 1 aliphatic rings. The lowest BCUT2D eigenvalue weighted by Gasteiger charge is -2.38. The molecule has 0 aromatic carbocycles. The van der Waals surface area contributed by atoms with Crippen LogP contribution in [0.5, 0.6) is 0 Å². The predicted octanol–water partition coefficient (Wildman–Crippen LogP) is 4.17. The summed E-state index contributed by atoms with van der Waals surface area (Å²) in [6, 6.07) is 0.362. The van der Waals surface area contributed by atoms with Gasteiger partial charge in [0.1, 0.15) is 10.6 Å². The molecule has 0 radical (unpaired) electrons. The summed E-state index contributed by atoms with van der Waals surface area (Å²) in [5.74, 6) is 0.727. The lowest BCUT2D eigenvalue weighted by atomic mass is 9.79. The molecule has 0 saturated heterocycles. The fraction of sp³-hybridized carbons (Fsp3) is 0.812. The Morgan fingerprint density at radius 2 is 2.30 bits per heavy atom. The Kier molecular flexibility index (Phi) is 5.21. The highest BCUT2D eigenvalue weighted by Crippen LogP contribution is 2.45. The van der Waals surface area contributed by atoms with Crippen LogP contribution in [0.3, 0.4) is 0 Å². The Morgan fingerprint density at radius 3 is 2.90 bits per heavy atom. The molecule has 1 fully saturated rings. The van der Waals surface area contributed by atoms with Gasteiger partial charge in [0.15, 0.2) is 0 Å². The second kappa shape index (κ2) is 6.54. The van der Waals surface area contributed by atoms with Crippen molar-refractivity contribution >= 4 is 11.3 Å². The quantitative estimate of drug-likeness (QED) is 0.885. The molecule has 1 aromatic heterocycles. The molecule has 3 nitrogen and oxygen atoms in total. The Morgan fingerprint density at radius 1 is 1.55 bits per heavy atom. The molecule has 1 saturated carbocycles. The van der Waals surface area contributed by atoms with Crippen LogP contribution in [0, 0.1) is 12.8 Å². The smallest absolute Gasteiger partial charge is 0.125 e. The first-order valence-corrected chi connectivity index (χ1v) is 8.63. The highest BCUT2D eigenvalue weighted by molar-refractivity contribution is 7.12. The van der Waals surface area contributed by atoms with E-state index < -0.39 is 0 Å². The van der Waals surface area contributed by atoms with Gasteiger partial charge in [0.25, 0.3) is 0 Å². The summed E-state index contributed by atoms with van der Waals surface area (Å²) in [6.07, 6.45) is 4.79. The Labute approximate surface area is 127 Å². The third kappa shape index (κ3) is 3.07. The highest BCUT2D eigenvalue weighted by Gasteiger charge is 2.40. The SMILES string of the molecule is CCOC1(c2nc(C)c(C(C)NC)s2)CCCC(C)C1. The van der Waals surface area contributed by atoms with E-state index in [1.165, 1.54) is 22.7 Å². The Hall–Kier alpha value is -0.450. The van der Waals surface area contributed by atoms with Gasteiger partial charge in [0, 0.05) is 17.5 Å².